The minimum atomic E-state index is -0.504. The van der Waals surface area contributed by atoms with Gasteiger partial charge in [-0.2, -0.15) is 15.5 Å². The Morgan fingerprint density at radius 3 is 2.52 bits per heavy atom. The number of rotatable bonds is 4. The lowest BCUT2D eigenvalue weighted by Gasteiger charge is -2.03. The fraction of sp³-hybridized carbons (Fsp3) is 0.0833. The number of hydrogen-bond acceptors (Lipinski definition) is 4. The molecule has 31 heavy (non-hydrogen) atoms. The van der Waals surface area contributed by atoms with Crippen LogP contribution in [0.25, 0.3) is 16.6 Å². The summed E-state index contributed by atoms with van der Waals surface area (Å²) in [5, 5.41) is 18.0. The second kappa shape index (κ2) is 8.02. The first-order valence-electron chi connectivity index (χ1n) is 9.43. The van der Waals surface area contributed by atoms with Crippen molar-refractivity contribution in [1.29, 1.82) is 5.26 Å². The highest BCUT2D eigenvalue weighted by Crippen LogP contribution is 2.24. The molecule has 0 spiro atoms. The second-order valence-electron chi connectivity index (χ2n) is 7.10. The summed E-state index contributed by atoms with van der Waals surface area (Å²) in [7, 11) is 1.85. The van der Waals surface area contributed by atoms with Crippen molar-refractivity contribution < 1.29 is 4.79 Å². The maximum atomic E-state index is 11.2. The molecule has 7 heteroatoms. The van der Waals surface area contributed by atoms with Crippen LogP contribution in [0.1, 0.15) is 22.3 Å². The van der Waals surface area contributed by atoms with Crippen LogP contribution in [0.3, 0.4) is 0 Å². The molecule has 0 atom stereocenters. The summed E-state index contributed by atoms with van der Waals surface area (Å²) in [6, 6.07) is 11.6. The van der Waals surface area contributed by atoms with Crippen molar-refractivity contribution in [2.75, 3.05) is 0 Å². The SMILES string of the molecule is C=C(Cc1ccc(C#Cc2cc(-c3cnn(C)c3)cn3ncc(C#N)c23)cc1)C(N)=O. The first kappa shape index (κ1) is 19.7. The van der Waals surface area contributed by atoms with Crippen LogP contribution in [0.4, 0.5) is 0 Å². The van der Waals surface area contributed by atoms with Gasteiger partial charge in [0.15, 0.2) is 0 Å². The van der Waals surface area contributed by atoms with Crippen molar-refractivity contribution >= 4 is 11.4 Å². The predicted octanol–water partition coefficient (Wildman–Crippen LogP) is 2.59. The number of pyridine rings is 1. The largest absolute Gasteiger partial charge is 0.366 e. The molecule has 0 unspecified atom stereocenters. The lowest BCUT2D eigenvalue weighted by atomic mass is 10.0. The maximum Gasteiger partial charge on any atom is 0.244 e. The normalized spacial score (nSPS) is 10.3. The number of primary amides is 1. The average molecular weight is 406 g/mol. The van der Waals surface area contributed by atoms with Gasteiger partial charge in [0.1, 0.15) is 6.07 Å². The number of aromatic nitrogens is 4. The van der Waals surface area contributed by atoms with Gasteiger partial charge in [0, 0.05) is 48.1 Å². The molecule has 3 heterocycles. The van der Waals surface area contributed by atoms with E-state index < -0.39 is 5.91 Å². The summed E-state index contributed by atoms with van der Waals surface area (Å²) in [6.07, 6.45) is 7.47. The Labute approximate surface area is 179 Å². The van der Waals surface area contributed by atoms with E-state index in [2.05, 4.69) is 34.7 Å². The van der Waals surface area contributed by atoms with Crippen molar-refractivity contribution in [3.63, 3.8) is 0 Å². The van der Waals surface area contributed by atoms with Gasteiger partial charge in [-0.15, -0.1) is 0 Å². The maximum absolute atomic E-state index is 11.2. The fourth-order valence-electron chi connectivity index (χ4n) is 3.21. The number of nitrogens with two attached hydrogens (primary N) is 1. The number of amides is 1. The first-order chi connectivity index (χ1) is 14.9. The van der Waals surface area contributed by atoms with E-state index in [4.69, 9.17) is 5.73 Å². The highest BCUT2D eigenvalue weighted by molar-refractivity contribution is 5.91. The number of benzene rings is 1. The number of hydrogen-bond donors (Lipinski definition) is 1. The quantitative estimate of drug-likeness (QED) is 0.416. The predicted molar refractivity (Wildman–Crippen MR) is 117 cm³/mol. The number of carbonyl (C=O) groups is 1. The summed E-state index contributed by atoms with van der Waals surface area (Å²) in [5.41, 5.74) is 11.0. The monoisotopic (exact) mass is 406 g/mol. The average Bonchev–Trinajstić information content (AvgIpc) is 3.38. The summed E-state index contributed by atoms with van der Waals surface area (Å²) >= 11 is 0. The third kappa shape index (κ3) is 4.07. The zero-order valence-electron chi connectivity index (χ0n) is 16.8. The topological polar surface area (TPSA) is 102 Å². The van der Waals surface area contributed by atoms with Crippen molar-refractivity contribution in [3.8, 4) is 29.0 Å². The van der Waals surface area contributed by atoms with Gasteiger partial charge in [-0.25, -0.2) is 4.52 Å². The van der Waals surface area contributed by atoms with Crippen molar-refractivity contribution in [2.45, 2.75) is 6.42 Å². The van der Waals surface area contributed by atoms with Crippen LogP contribution >= 0.6 is 0 Å². The molecule has 0 fully saturated rings. The second-order valence-corrected chi connectivity index (χ2v) is 7.10. The van der Waals surface area contributed by atoms with Gasteiger partial charge in [-0.1, -0.05) is 30.6 Å². The molecule has 0 radical (unpaired) electrons. The Hall–Kier alpha value is -4.62. The molecule has 4 rings (SSSR count). The molecular formula is C24H18N6O. The van der Waals surface area contributed by atoms with Crippen molar-refractivity contribution in [1.82, 2.24) is 19.4 Å². The molecule has 0 saturated heterocycles. The first-order valence-corrected chi connectivity index (χ1v) is 9.43. The Morgan fingerprint density at radius 1 is 1.10 bits per heavy atom. The minimum absolute atomic E-state index is 0.359. The number of carbonyl (C=O) groups excluding carboxylic acids is 1. The van der Waals surface area contributed by atoms with Crippen LogP contribution in [-0.2, 0) is 18.3 Å². The number of nitriles is 1. The molecule has 7 nitrogen and oxygen atoms in total. The smallest absolute Gasteiger partial charge is 0.244 e. The van der Waals surface area contributed by atoms with Gasteiger partial charge >= 0.3 is 0 Å². The van der Waals surface area contributed by atoms with E-state index in [-0.39, 0.29) is 0 Å². The van der Waals surface area contributed by atoms with Gasteiger partial charge in [-0.05, 0) is 23.8 Å². The zero-order chi connectivity index (χ0) is 22.0. The highest BCUT2D eigenvalue weighted by atomic mass is 16.1. The van der Waals surface area contributed by atoms with Crippen LogP contribution in [-0.4, -0.2) is 25.3 Å². The molecular weight excluding hydrogens is 388 g/mol. The molecule has 0 aliphatic carbocycles. The van der Waals surface area contributed by atoms with Crippen LogP contribution < -0.4 is 5.73 Å². The molecule has 0 bridgehead atoms. The minimum Gasteiger partial charge on any atom is -0.366 e. The molecule has 1 amide bonds. The number of fused-ring (bicyclic) bond motifs is 1. The molecule has 0 saturated carbocycles. The molecule has 0 aliphatic heterocycles. The lowest BCUT2D eigenvalue weighted by Crippen LogP contribution is -2.14. The lowest BCUT2D eigenvalue weighted by molar-refractivity contribution is -0.114. The van der Waals surface area contributed by atoms with Crippen LogP contribution in [0.15, 0.2) is 67.3 Å². The van der Waals surface area contributed by atoms with Crippen molar-refractivity contribution in [3.05, 3.63) is 89.5 Å². The Morgan fingerprint density at radius 2 is 1.87 bits per heavy atom. The van der Waals surface area contributed by atoms with Gasteiger partial charge in [-0.3, -0.25) is 9.48 Å². The van der Waals surface area contributed by atoms with Crippen LogP contribution in [0.5, 0.6) is 0 Å². The molecule has 4 aromatic rings. The van der Waals surface area contributed by atoms with E-state index >= 15 is 0 Å². The van der Waals surface area contributed by atoms with E-state index in [1.54, 1.807) is 15.4 Å². The summed E-state index contributed by atoms with van der Waals surface area (Å²) < 4.78 is 3.40. The van der Waals surface area contributed by atoms with Crippen molar-refractivity contribution in [2.24, 2.45) is 12.8 Å². The van der Waals surface area contributed by atoms with E-state index in [0.717, 1.165) is 22.3 Å². The molecule has 2 N–H and O–H groups in total. The molecule has 150 valence electrons. The van der Waals surface area contributed by atoms with Gasteiger partial charge in [0.25, 0.3) is 0 Å². The van der Waals surface area contributed by atoms with E-state index in [1.807, 2.05) is 49.8 Å². The standard InChI is InChI=1S/C24H18N6O/c1-16(24(26)31)9-18-5-3-17(4-6-18)7-8-19-10-20(22-13-27-29(2)14-22)15-30-23(19)21(11-25)12-28-30/h3-6,10,12-15H,1,9H2,2H3,(H2,26,31). The van der Waals surface area contributed by atoms with Crippen LogP contribution in [0, 0.1) is 23.2 Å². The van der Waals surface area contributed by atoms with E-state index in [9.17, 15) is 10.1 Å². The molecule has 3 aromatic heterocycles. The van der Waals surface area contributed by atoms with Gasteiger partial charge < -0.3 is 5.73 Å². The molecule has 1 aromatic carbocycles. The number of aryl methyl sites for hydroxylation is 1. The summed E-state index contributed by atoms with van der Waals surface area (Å²) in [6.45, 7) is 3.68. The van der Waals surface area contributed by atoms with E-state index in [0.29, 0.717) is 28.6 Å². The third-order valence-electron chi connectivity index (χ3n) is 4.83. The Kier molecular flexibility index (Phi) is 5.09. The molecule has 0 aliphatic rings. The Bertz CT molecular complexity index is 1420. The summed E-state index contributed by atoms with van der Waals surface area (Å²) in [4.78, 5) is 11.2. The Balaban J connectivity index is 1.72. The van der Waals surface area contributed by atoms with E-state index in [1.165, 1.54) is 6.20 Å². The summed E-state index contributed by atoms with van der Waals surface area (Å²) in [5.74, 6) is 5.82. The number of nitrogens with zero attached hydrogens (tertiary/aromatic N) is 5. The highest BCUT2D eigenvalue weighted by Gasteiger charge is 2.11. The van der Waals surface area contributed by atoms with Gasteiger partial charge in [0.2, 0.25) is 5.91 Å². The van der Waals surface area contributed by atoms with Crippen LogP contribution in [0.2, 0.25) is 0 Å². The zero-order valence-corrected chi connectivity index (χ0v) is 16.8. The van der Waals surface area contributed by atoms with Gasteiger partial charge in [0.05, 0.1) is 29.0 Å². The third-order valence-corrected chi connectivity index (χ3v) is 4.83. The fourth-order valence-corrected chi connectivity index (χ4v) is 3.21.